The van der Waals surface area contributed by atoms with Gasteiger partial charge >= 0.3 is 0 Å². The zero-order valence-corrected chi connectivity index (χ0v) is 17.0. The van der Waals surface area contributed by atoms with E-state index in [1.54, 1.807) is 0 Å². The van der Waals surface area contributed by atoms with Crippen molar-refractivity contribution < 1.29 is 4.74 Å². The molecule has 1 aliphatic heterocycles. The van der Waals surface area contributed by atoms with E-state index in [1.807, 2.05) is 13.0 Å². The third kappa shape index (κ3) is 4.92. The molecule has 0 aromatic heterocycles. The largest absolute Gasteiger partial charge is 0.384 e. The molecule has 1 saturated carbocycles. The lowest BCUT2D eigenvalue weighted by Crippen LogP contribution is -2.44. The van der Waals surface area contributed by atoms with Crippen LogP contribution in [0.25, 0.3) is 0 Å². The molecule has 4 nitrogen and oxygen atoms in total. The highest BCUT2D eigenvalue weighted by atomic mass is 16.5. The number of rotatable bonds is 6. The SMILES string of the molecule is C=C(/C=C(C)\C=C/C)CNC1=C(C(=N)N2CCCOC3CCCC32)CCC1. The predicted molar refractivity (Wildman–Crippen MR) is 113 cm³/mol. The summed E-state index contributed by atoms with van der Waals surface area (Å²) in [6.45, 7) is 10.8. The summed E-state index contributed by atoms with van der Waals surface area (Å²) in [5.74, 6) is 0.739. The molecule has 0 radical (unpaired) electrons. The molecule has 4 heteroatoms. The van der Waals surface area contributed by atoms with Gasteiger partial charge in [-0.15, -0.1) is 0 Å². The Balaban J connectivity index is 1.67. The highest BCUT2D eigenvalue weighted by molar-refractivity contribution is 5.97. The van der Waals surface area contributed by atoms with E-state index in [-0.39, 0.29) is 0 Å². The molecule has 0 aromatic rings. The summed E-state index contributed by atoms with van der Waals surface area (Å²) in [6, 6.07) is 0.399. The van der Waals surface area contributed by atoms with Crippen molar-refractivity contribution in [3.8, 4) is 0 Å². The van der Waals surface area contributed by atoms with E-state index in [2.05, 4.69) is 35.9 Å². The van der Waals surface area contributed by atoms with Gasteiger partial charge in [-0.25, -0.2) is 0 Å². The Morgan fingerprint density at radius 2 is 2.15 bits per heavy atom. The maximum Gasteiger partial charge on any atom is 0.125 e. The second-order valence-electron chi connectivity index (χ2n) is 8.01. The van der Waals surface area contributed by atoms with Crippen molar-refractivity contribution in [3.63, 3.8) is 0 Å². The normalized spacial score (nSPS) is 26.4. The third-order valence-electron chi connectivity index (χ3n) is 5.87. The topological polar surface area (TPSA) is 48.4 Å². The van der Waals surface area contributed by atoms with Crippen LogP contribution in [0.2, 0.25) is 0 Å². The molecule has 0 amide bonds. The van der Waals surface area contributed by atoms with Gasteiger partial charge in [-0.1, -0.05) is 30.4 Å². The molecule has 27 heavy (non-hydrogen) atoms. The van der Waals surface area contributed by atoms with Crippen LogP contribution < -0.4 is 5.32 Å². The zero-order chi connectivity index (χ0) is 19.2. The summed E-state index contributed by atoms with van der Waals surface area (Å²) in [4.78, 5) is 2.35. The first-order valence-electron chi connectivity index (χ1n) is 10.5. The molecule has 2 unspecified atom stereocenters. The second kappa shape index (κ2) is 9.41. The minimum atomic E-state index is 0.325. The maximum atomic E-state index is 8.94. The standard InChI is InChI=1S/C23H35N3O/c1-4-8-17(2)15-18(3)16-25-20-10-5-9-19(20)23(24)26-13-7-14-27-22-12-6-11-21(22)26/h4,8,15,21-22,24-25H,3,5-7,9-14,16H2,1-2H3/b8-4-,17-15-,24-23?. The van der Waals surface area contributed by atoms with Crippen LogP contribution >= 0.6 is 0 Å². The number of hydrogen-bond donors (Lipinski definition) is 2. The fourth-order valence-electron chi connectivity index (χ4n) is 4.65. The van der Waals surface area contributed by atoms with Crippen molar-refractivity contribution in [3.05, 3.63) is 47.2 Å². The molecule has 0 bridgehead atoms. The van der Waals surface area contributed by atoms with E-state index in [4.69, 9.17) is 10.1 Å². The van der Waals surface area contributed by atoms with Crippen molar-refractivity contribution >= 4 is 5.84 Å². The van der Waals surface area contributed by atoms with Crippen LogP contribution in [-0.2, 0) is 4.74 Å². The predicted octanol–water partition coefficient (Wildman–Crippen LogP) is 4.71. The van der Waals surface area contributed by atoms with E-state index < -0.39 is 0 Å². The van der Waals surface area contributed by atoms with Crippen LogP contribution in [0, 0.1) is 5.41 Å². The Morgan fingerprint density at radius 3 is 2.96 bits per heavy atom. The van der Waals surface area contributed by atoms with Crippen LogP contribution in [-0.4, -0.2) is 42.6 Å². The number of nitrogens with one attached hydrogen (secondary N) is 2. The molecular formula is C23H35N3O. The molecule has 2 N–H and O–H groups in total. The van der Waals surface area contributed by atoms with Crippen molar-refractivity contribution in [2.24, 2.45) is 0 Å². The van der Waals surface area contributed by atoms with Crippen LogP contribution in [0.15, 0.2) is 47.2 Å². The fraction of sp³-hybridized carbons (Fsp3) is 0.609. The van der Waals surface area contributed by atoms with E-state index in [0.717, 1.165) is 69.6 Å². The lowest BCUT2D eigenvalue weighted by Gasteiger charge is -2.33. The highest BCUT2D eigenvalue weighted by Crippen LogP contribution is 2.33. The first kappa shape index (κ1) is 19.9. The first-order chi connectivity index (χ1) is 13.1. The Hall–Kier alpha value is -1.81. The van der Waals surface area contributed by atoms with E-state index >= 15 is 0 Å². The van der Waals surface area contributed by atoms with Gasteiger partial charge in [-0.2, -0.15) is 0 Å². The Kier molecular flexibility index (Phi) is 6.95. The van der Waals surface area contributed by atoms with Crippen LogP contribution in [0.5, 0.6) is 0 Å². The Morgan fingerprint density at radius 1 is 1.30 bits per heavy atom. The van der Waals surface area contributed by atoms with Crippen molar-refractivity contribution in [1.82, 2.24) is 10.2 Å². The molecule has 0 spiro atoms. The lowest BCUT2D eigenvalue weighted by molar-refractivity contribution is 0.0450. The van der Waals surface area contributed by atoms with E-state index in [0.29, 0.717) is 12.1 Å². The second-order valence-corrected chi connectivity index (χ2v) is 8.01. The molecular weight excluding hydrogens is 334 g/mol. The molecule has 1 saturated heterocycles. The number of ether oxygens (including phenoxy) is 1. The molecule has 1 heterocycles. The number of allylic oxidation sites excluding steroid dienone is 4. The summed E-state index contributed by atoms with van der Waals surface area (Å²) in [5, 5.41) is 12.5. The van der Waals surface area contributed by atoms with Gasteiger partial charge in [0, 0.05) is 31.0 Å². The van der Waals surface area contributed by atoms with Crippen LogP contribution in [0.4, 0.5) is 0 Å². The van der Waals surface area contributed by atoms with Gasteiger partial charge < -0.3 is 15.0 Å². The smallest absolute Gasteiger partial charge is 0.125 e. The molecule has 0 aromatic carbocycles. The van der Waals surface area contributed by atoms with Gasteiger partial charge in [-0.05, 0) is 64.4 Å². The van der Waals surface area contributed by atoms with E-state index in [9.17, 15) is 0 Å². The third-order valence-corrected chi connectivity index (χ3v) is 5.87. The van der Waals surface area contributed by atoms with Gasteiger partial charge in [0.25, 0.3) is 0 Å². The van der Waals surface area contributed by atoms with Gasteiger partial charge in [0.2, 0.25) is 0 Å². The summed E-state index contributed by atoms with van der Waals surface area (Å²) in [5.41, 5.74) is 4.76. The monoisotopic (exact) mass is 369 g/mol. The van der Waals surface area contributed by atoms with Crippen molar-refractivity contribution in [2.75, 3.05) is 19.7 Å². The molecule has 2 atom stereocenters. The molecule has 2 aliphatic carbocycles. The van der Waals surface area contributed by atoms with Crippen molar-refractivity contribution in [1.29, 1.82) is 5.41 Å². The summed E-state index contributed by atoms with van der Waals surface area (Å²) < 4.78 is 6.04. The number of fused-ring (bicyclic) bond motifs is 1. The number of nitrogens with zero attached hydrogens (tertiary/aromatic N) is 1. The molecule has 2 fully saturated rings. The fourth-order valence-corrected chi connectivity index (χ4v) is 4.65. The highest BCUT2D eigenvalue weighted by Gasteiger charge is 2.37. The van der Waals surface area contributed by atoms with Crippen LogP contribution in [0.3, 0.4) is 0 Å². The minimum Gasteiger partial charge on any atom is -0.384 e. The summed E-state index contributed by atoms with van der Waals surface area (Å²) in [6.07, 6.45) is 14.3. The Bertz CT molecular complexity index is 659. The van der Waals surface area contributed by atoms with Crippen molar-refractivity contribution in [2.45, 2.75) is 70.9 Å². The van der Waals surface area contributed by atoms with Gasteiger partial charge in [-0.3, -0.25) is 5.41 Å². The zero-order valence-electron chi connectivity index (χ0n) is 17.0. The summed E-state index contributed by atoms with van der Waals surface area (Å²) in [7, 11) is 0. The molecule has 3 rings (SSSR count). The van der Waals surface area contributed by atoms with Gasteiger partial charge in [0.1, 0.15) is 5.84 Å². The maximum absolute atomic E-state index is 8.94. The average molecular weight is 370 g/mol. The number of amidine groups is 1. The Labute approximate surface area is 164 Å². The quantitative estimate of drug-likeness (QED) is 0.405. The summed E-state index contributed by atoms with van der Waals surface area (Å²) >= 11 is 0. The van der Waals surface area contributed by atoms with Gasteiger partial charge in [0.05, 0.1) is 12.1 Å². The molecule has 148 valence electrons. The lowest BCUT2D eigenvalue weighted by atomic mass is 10.1. The first-order valence-corrected chi connectivity index (χ1v) is 10.5. The molecule has 3 aliphatic rings. The average Bonchev–Trinajstić information content (AvgIpc) is 3.25. The van der Waals surface area contributed by atoms with E-state index in [1.165, 1.54) is 23.3 Å². The van der Waals surface area contributed by atoms with Gasteiger partial charge in [0.15, 0.2) is 0 Å². The number of hydrogen-bond acceptors (Lipinski definition) is 3. The van der Waals surface area contributed by atoms with Crippen LogP contribution in [0.1, 0.15) is 58.8 Å². The minimum absolute atomic E-state index is 0.325.